The molecule has 0 heterocycles. The largest absolute Gasteiger partial charge is 0.496 e. The predicted octanol–water partition coefficient (Wildman–Crippen LogP) is 1.39. The van der Waals surface area contributed by atoms with Crippen LogP contribution in [0.1, 0.15) is 27.9 Å². The Kier molecular flexibility index (Phi) is 5.06. The summed E-state index contributed by atoms with van der Waals surface area (Å²) in [4.78, 5) is 23.3. The van der Waals surface area contributed by atoms with Gasteiger partial charge in [-0.2, -0.15) is 0 Å². The second-order valence-electron chi connectivity index (χ2n) is 4.39. The lowest BCUT2D eigenvalue weighted by atomic mass is 9.96. The van der Waals surface area contributed by atoms with Crippen molar-refractivity contribution in [2.24, 2.45) is 5.73 Å². The fourth-order valence-corrected chi connectivity index (χ4v) is 1.83. The molecule has 0 aliphatic rings. The van der Waals surface area contributed by atoms with Crippen LogP contribution in [-0.4, -0.2) is 32.0 Å². The van der Waals surface area contributed by atoms with Gasteiger partial charge >= 0.3 is 5.97 Å². The Morgan fingerprint density at radius 3 is 2.37 bits per heavy atom. The fourth-order valence-electron chi connectivity index (χ4n) is 1.83. The molecule has 5 heteroatoms. The zero-order chi connectivity index (χ0) is 14.6. The number of hydrogen-bond acceptors (Lipinski definition) is 5. The molecule has 0 aliphatic heterocycles. The number of ether oxygens (including phenoxy) is 2. The Morgan fingerprint density at radius 1 is 1.21 bits per heavy atom. The average molecular weight is 265 g/mol. The van der Waals surface area contributed by atoms with Crippen LogP contribution in [0.15, 0.2) is 12.1 Å². The van der Waals surface area contributed by atoms with Gasteiger partial charge in [0.2, 0.25) is 0 Å². The molecular weight excluding hydrogens is 246 g/mol. The smallest absolute Gasteiger partial charge is 0.307 e. The SMILES string of the molecule is COC(=O)CC(N)C(=O)c1cc(C)c(OC)cc1C. The van der Waals surface area contributed by atoms with E-state index in [9.17, 15) is 9.59 Å². The maximum absolute atomic E-state index is 12.2. The van der Waals surface area contributed by atoms with Crippen molar-refractivity contribution in [1.29, 1.82) is 0 Å². The number of methoxy groups -OCH3 is 2. The molecule has 5 nitrogen and oxygen atoms in total. The molecule has 1 unspecified atom stereocenters. The van der Waals surface area contributed by atoms with Gasteiger partial charge in [0.05, 0.1) is 26.7 Å². The van der Waals surface area contributed by atoms with Gasteiger partial charge in [0.1, 0.15) is 5.75 Å². The highest BCUT2D eigenvalue weighted by molar-refractivity contribution is 6.03. The highest BCUT2D eigenvalue weighted by Gasteiger charge is 2.21. The van der Waals surface area contributed by atoms with Crippen molar-refractivity contribution in [3.05, 3.63) is 28.8 Å². The lowest BCUT2D eigenvalue weighted by Crippen LogP contribution is -2.33. The molecule has 0 saturated carbocycles. The van der Waals surface area contributed by atoms with E-state index in [4.69, 9.17) is 10.5 Å². The Morgan fingerprint density at radius 2 is 1.84 bits per heavy atom. The summed E-state index contributed by atoms with van der Waals surface area (Å²) in [5, 5.41) is 0. The summed E-state index contributed by atoms with van der Waals surface area (Å²) in [7, 11) is 2.84. The van der Waals surface area contributed by atoms with Crippen molar-refractivity contribution in [2.45, 2.75) is 26.3 Å². The van der Waals surface area contributed by atoms with E-state index in [2.05, 4.69) is 4.74 Å². The first-order valence-corrected chi connectivity index (χ1v) is 5.92. The lowest BCUT2D eigenvalue weighted by Gasteiger charge is -2.14. The van der Waals surface area contributed by atoms with Gasteiger partial charge in [-0.1, -0.05) is 0 Å². The second-order valence-corrected chi connectivity index (χ2v) is 4.39. The van der Waals surface area contributed by atoms with E-state index in [1.54, 1.807) is 26.2 Å². The van der Waals surface area contributed by atoms with E-state index in [0.717, 1.165) is 16.9 Å². The van der Waals surface area contributed by atoms with Crippen LogP contribution in [0.3, 0.4) is 0 Å². The van der Waals surface area contributed by atoms with Gasteiger partial charge in [-0.3, -0.25) is 9.59 Å². The normalized spacial score (nSPS) is 11.8. The van der Waals surface area contributed by atoms with E-state index in [-0.39, 0.29) is 12.2 Å². The molecule has 0 radical (unpaired) electrons. The summed E-state index contributed by atoms with van der Waals surface area (Å²) in [5.41, 5.74) is 7.86. The molecule has 1 aromatic rings. The van der Waals surface area contributed by atoms with E-state index < -0.39 is 12.0 Å². The minimum Gasteiger partial charge on any atom is -0.496 e. The first-order valence-electron chi connectivity index (χ1n) is 5.92. The van der Waals surface area contributed by atoms with E-state index in [1.165, 1.54) is 7.11 Å². The van der Waals surface area contributed by atoms with Gasteiger partial charge in [0.25, 0.3) is 0 Å². The van der Waals surface area contributed by atoms with Crippen LogP contribution in [0.5, 0.6) is 5.75 Å². The van der Waals surface area contributed by atoms with Crippen LogP contribution in [0.4, 0.5) is 0 Å². The Balaban J connectivity index is 3.00. The lowest BCUT2D eigenvalue weighted by molar-refractivity contribution is -0.140. The second kappa shape index (κ2) is 6.33. The monoisotopic (exact) mass is 265 g/mol. The van der Waals surface area contributed by atoms with Gasteiger partial charge in [-0.25, -0.2) is 0 Å². The summed E-state index contributed by atoms with van der Waals surface area (Å²) in [6.07, 6.45) is -0.125. The minimum atomic E-state index is -0.890. The molecule has 0 aliphatic carbocycles. The third-order valence-corrected chi connectivity index (χ3v) is 2.96. The number of ketones is 1. The van der Waals surface area contributed by atoms with Crippen LogP contribution in [0.25, 0.3) is 0 Å². The van der Waals surface area contributed by atoms with Gasteiger partial charge in [-0.05, 0) is 37.1 Å². The standard InChI is InChI=1S/C14H19NO4/c1-8-6-12(18-3)9(2)5-10(8)14(17)11(15)7-13(16)19-4/h5-6,11H,7,15H2,1-4H3. The molecule has 1 aromatic carbocycles. The van der Waals surface area contributed by atoms with Gasteiger partial charge < -0.3 is 15.2 Å². The van der Waals surface area contributed by atoms with Crippen molar-refractivity contribution in [3.63, 3.8) is 0 Å². The van der Waals surface area contributed by atoms with Crippen molar-refractivity contribution in [1.82, 2.24) is 0 Å². The molecule has 2 N–H and O–H groups in total. The molecule has 0 amide bonds. The van der Waals surface area contributed by atoms with Crippen molar-refractivity contribution in [2.75, 3.05) is 14.2 Å². The predicted molar refractivity (Wildman–Crippen MR) is 71.4 cm³/mol. The molecular formula is C14H19NO4. The molecule has 0 spiro atoms. The third-order valence-electron chi connectivity index (χ3n) is 2.96. The van der Waals surface area contributed by atoms with Crippen LogP contribution in [0, 0.1) is 13.8 Å². The minimum absolute atomic E-state index is 0.125. The summed E-state index contributed by atoms with van der Waals surface area (Å²) >= 11 is 0. The number of esters is 1. The van der Waals surface area contributed by atoms with Gasteiger partial charge in [0, 0.05) is 5.56 Å². The highest BCUT2D eigenvalue weighted by atomic mass is 16.5. The van der Waals surface area contributed by atoms with Crippen LogP contribution in [0.2, 0.25) is 0 Å². The first-order chi connectivity index (χ1) is 8.90. The van der Waals surface area contributed by atoms with E-state index >= 15 is 0 Å². The fraction of sp³-hybridized carbons (Fsp3) is 0.429. The number of carbonyl (C=O) groups excluding carboxylic acids is 2. The average Bonchev–Trinajstić information content (AvgIpc) is 2.39. The number of Topliss-reactive ketones (excluding diaryl/α,β-unsaturated/α-hetero) is 1. The molecule has 0 saturated heterocycles. The first kappa shape index (κ1) is 15.2. The van der Waals surface area contributed by atoms with Gasteiger partial charge in [-0.15, -0.1) is 0 Å². The van der Waals surface area contributed by atoms with Crippen LogP contribution in [-0.2, 0) is 9.53 Å². The van der Waals surface area contributed by atoms with E-state index in [1.807, 2.05) is 6.92 Å². The van der Waals surface area contributed by atoms with Crippen molar-refractivity contribution < 1.29 is 19.1 Å². The molecule has 0 aromatic heterocycles. The third kappa shape index (κ3) is 3.54. The Hall–Kier alpha value is -1.88. The number of rotatable bonds is 5. The molecule has 0 fully saturated rings. The Labute approximate surface area is 112 Å². The Bertz CT molecular complexity index is 496. The zero-order valence-electron chi connectivity index (χ0n) is 11.6. The number of aryl methyl sites for hydroxylation is 2. The number of hydrogen-bond donors (Lipinski definition) is 1. The zero-order valence-corrected chi connectivity index (χ0v) is 11.6. The summed E-state index contributed by atoms with van der Waals surface area (Å²) in [5.74, 6) is -0.0482. The molecule has 0 bridgehead atoms. The number of benzene rings is 1. The quantitative estimate of drug-likeness (QED) is 0.643. The molecule has 104 valence electrons. The maximum atomic E-state index is 12.2. The summed E-state index contributed by atoms with van der Waals surface area (Å²) < 4.78 is 9.69. The number of carbonyl (C=O) groups is 2. The maximum Gasteiger partial charge on any atom is 0.307 e. The topological polar surface area (TPSA) is 78.6 Å². The highest BCUT2D eigenvalue weighted by Crippen LogP contribution is 2.23. The molecule has 19 heavy (non-hydrogen) atoms. The molecule has 1 atom stereocenters. The van der Waals surface area contributed by atoms with E-state index in [0.29, 0.717) is 5.56 Å². The number of nitrogens with two attached hydrogens (primary N) is 1. The van der Waals surface area contributed by atoms with Crippen LogP contribution >= 0.6 is 0 Å². The molecule has 1 rings (SSSR count). The van der Waals surface area contributed by atoms with Crippen molar-refractivity contribution >= 4 is 11.8 Å². The summed E-state index contributed by atoms with van der Waals surface area (Å²) in [6.45, 7) is 3.65. The van der Waals surface area contributed by atoms with Gasteiger partial charge in [0.15, 0.2) is 5.78 Å². The van der Waals surface area contributed by atoms with Crippen molar-refractivity contribution in [3.8, 4) is 5.75 Å². The summed E-state index contributed by atoms with van der Waals surface area (Å²) in [6, 6.07) is 2.63. The van der Waals surface area contributed by atoms with Crippen LogP contribution < -0.4 is 10.5 Å².